The predicted molar refractivity (Wildman–Crippen MR) is 73.8 cm³/mol. The van der Waals surface area contributed by atoms with Gasteiger partial charge in [0.05, 0.1) is 11.6 Å². The van der Waals surface area contributed by atoms with Crippen LogP contribution in [0.25, 0.3) is 11.4 Å². The van der Waals surface area contributed by atoms with Gasteiger partial charge in [0, 0.05) is 12.1 Å². The molecule has 0 spiro atoms. The van der Waals surface area contributed by atoms with E-state index in [2.05, 4.69) is 4.98 Å². The average molecular weight is 293 g/mol. The third-order valence-electron chi connectivity index (χ3n) is 3.63. The van der Waals surface area contributed by atoms with E-state index in [1.54, 1.807) is 24.3 Å². The summed E-state index contributed by atoms with van der Waals surface area (Å²) in [6, 6.07) is 6.63. The van der Waals surface area contributed by atoms with Crippen molar-refractivity contribution >= 4 is 17.6 Å². The minimum Gasteiger partial charge on any atom is -0.508 e. The van der Waals surface area contributed by atoms with Crippen molar-refractivity contribution in [1.82, 2.24) is 9.55 Å². The van der Waals surface area contributed by atoms with E-state index in [0.29, 0.717) is 30.4 Å². The summed E-state index contributed by atoms with van der Waals surface area (Å²) in [5.74, 6) is -0.384. The van der Waals surface area contributed by atoms with Gasteiger partial charge in [-0.3, -0.25) is 4.79 Å². The van der Waals surface area contributed by atoms with Crippen molar-refractivity contribution < 1.29 is 15.0 Å². The first-order chi connectivity index (χ1) is 9.56. The van der Waals surface area contributed by atoms with Crippen LogP contribution in [0.5, 0.6) is 5.75 Å². The van der Waals surface area contributed by atoms with E-state index >= 15 is 0 Å². The lowest BCUT2D eigenvalue weighted by atomic mass is 9.98. The molecule has 0 amide bonds. The maximum atomic E-state index is 11.2. The molecule has 0 saturated heterocycles. The van der Waals surface area contributed by atoms with Crippen LogP contribution in [0.4, 0.5) is 0 Å². The number of aromatic nitrogens is 2. The van der Waals surface area contributed by atoms with Gasteiger partial charge >= 0.3 is 5.97 Å². The fourth-order valence-corrected chi connectivity index (χ4v) is 2.82. The number of carbonyl (C=O) groups is 1. The zero-order valence-electron chi connectivity index (χ0n) is 10.6. The standard InChI is InChI=1S/C14H13ClN2O3/c15-12-11-6-3-9(14(19)20)7-17(11)13(16-12)8-1-4-10(18)5-2-8/h1-2,4-5,9,18H,3,6-7H2,(H,19,20). The predicted octanol–water partition coefficient (Wildman–Crippen LogP) is 2.56. The number of nitrogens with zero attached hydrogens (tertiary/aromatic N) is 2. The van der Waals surface area contributed by atoms with Gasteiger partial charge in [-0.05, 0) is 37.1 Å². The second kappa shape index (κ2) is 4.83. The van der Waals surface area contributed by atoms with Gasteiger partial charge in [0.1, 0.15) is 11.6 Å². The molecule has 1 unspecified atom stereocenters. The summed E-state index contributed by atoms with van der Waals surface area (Å²) in [6.45, 7) is 0.376. The number of carboxylic acid groups (broad SMARTS) is 1. The molecular weight excluding hydrogens is 280 g/mol. The van der Waals surface area contributed by atoms with Gasteiger partial charge in [0.2, 0.25) is 0 Å². The molecule has 0 aliphatic carbocycles. The Kier molecular flexibility index (Phi) is 3.14. The Morgan fingerprint density at radius 2 is 2.05 bits per heavy atom. The molecule has 1 aromatic heterocycles. The Morgan fingerprint density at radius 3 is 2.70 bits per heavy atom. The van der Waals surface area contributed by atoms with Gasteiger partial charge in [-0.1, -0.05) is 11.6 Å². The first kappa shape index (κ1) is 13.0. The summed E-state index contributed by atoms with van der Waals surface area (Å²) < 4.78 is 1.87. The molecule has 1 aromatic carbocycles. The summed E-state index contributed by atoms with van der Waals surface area (Å²) in [5, 5.41) is 18.9. The molecule has 0 fully saturated rings. The van der Waals surface area contributed by atoms with Gasteiger partial charge in [-0.2, -0.15) is 0 Å². The number of phenolic OH excluding ortho intramolecular Hbond substituents is 1. The van der Waals surface area contributed by atoms with Gasteiger partial charge < -0.3 is 14.8 Å². The van der Waals surface area contributed by atoms with Gasteiger partial charge in [-0.25, -0.2) is 4.98 Å². The monoisotopic (exact) mass is 292 g/mol. The van der Waals surface area contributed by atoms with E-state index in [9.17, 15) is 9.90 Å². The van der Waals surface area contributed by atoms with Gasteiger partial charge in [0.25, 0.3) is 0 Å². The summed E-state index contributed by atoms with van der Waals surface area (Å²) in [6.07, 6.45) is 1.19. The van der Waals surface area contributed by atoms with Crippen molar-refractivity contribution in [3.05, 3.63) is 35.1 Å². The quantitative estimate of drug-likeness (QED) is 0.892. The van der Waals surface area contributed by atoms with Crippen LogP contribution in [0.2, 0.25) is 5.15 Å². The van der Waals surface area contributed by atoms with E-state index < -0.39 is 11.9 Å². The van der Waals surface area contributed by atoms with E-state index in [1.807, 2.05) is 4.57 Å². The lowest BCUT2D eigenvalue weighted by Crippen LogP contribution is -2.26. The fraction of sp³-hybridized carbons (Fsp3) is 0.286. The minimum atomic E-state index is -0.794. The Bertz CT molecular complexity index is 664. The molecule has 5 nitrogen and oxygen atoms in total. The Morgan fingerprint density at radius 1 is 1.35 bits per heavy atom. The number of aromatic hydroxyl groups is 1. The second-order valence-electron chi connectivity index (χ2n) is 4.90. The van der Waals surface area contributed by atoms with E-state index in [1.165, 1.54) is 0 Å². The van der Waals surface area contributed by atoms with E-state index in [-0.39, 0.29) is 5.75 Å². The molecule has 104 valence electrons. The highest BCUT2D eigenvalue weighted by molar-refractivity contribution is 6.30. The first-order valence-electron chi connectivity index (χ1n) is 6.33. The molecule has 1 atom stereocenters. The van der Waals surface area contributed by atoms with Crippen LogP contribution < -0.4 is 0 Å². The van der Waals surface area contributed by atoms with Crippen molar-refractivity contribution in [3.8, 4) is 17.1 Å². The molecule has 2 aromatic rings. The summed E-state index contributed by atoms with van der Waals surface area (Å²) >= 11 is 6.14. The summed E-state index contributed by atoms with van der Waals surface area (Å²) in [5.41, 5.74) is 1.69. The molecule has 20 heavy (non-hydrogen) atoms. The molecular formula is C14H13ClN2O3. The zero-order chi connectivity index (χ0) is 14.3. The number of aliphatic carboxylic acids is 1. The third-order valence-corrected chi connectivity index (χ3v) is 3.93. The number of benzene rings is 1. The van der Waals surface area contributed by atoms with Crippen LogP contribution in [0.3, 0.4) is 0 Å². The molecule has 0 bridgehead atoms. The number of imidazole rings is 1. The highest BCUT2D eigenvalue weighted by Crippen LogP contribution is 2.32. The smallest absolute Gasteiger partial charge is 0.308 e. The fourth-order valence-electron chi connectivity index (χ4n) is 2.55. The largest absolute Gasteiger partial charge is 0.508 e. The third kappa shape index (κ3) is 2.14. The maximum Gasteiger partial charge on any atom is 0.308 e. The van der Waals surface area contributed by atoms with Crippen LogP contribution in [0, 0.1) is 5.92 Å². The Labute approximate surface area is 120 Å². The molecule has 2 N–H and O–H groups in total. The number of phenols is 1. The van der Waals surface area contributed by atoms with Crippen molar-refractivity contribution in [2.75, 3.05) is 0 Å². The van der Waals surface area contributed by atoms with Crippen LogP contribution in [0.15, 0.2) is 24.3 Å². The van der Waals surface area contributed by atoms with E-state index in [4.69, 9.17) is 16.7 Å². The highest BCUT2D eigenvalue weighted by Gasteiger charge is 2.28. The average Bonchev–Trinajstić information content (AvgIpc) is 2.76. The number of rotatable bonds is 2. The normalized spacial score (nSPS) is 17.8. The molecule has 2 heterocycles. The molecule has 0 saturated carbocycles. The number of fused-ring (bicyclic) bond motifs is 1. The topological polar surface area (TPSA) is 75.3 Å². The lowest BCUT2D eigenvalue weighted by Gasteiger charge is -2.22. The first-order valence-corrected chi connectivity index (χ1v) is 6.71. The van der Waals surface area contributed by atoms with Crippen molar-refractivity contribution in [2.45, 2.75) is 19.4 Å². The SMILES string of the molecule is O=C(O)C1CCc2c(Cl)nc(-c3ccc(O)cc3)n2C1. The minimum absolute atomic E-state index is 0.175. The van der Waals surface area contributed by atoms with Crippen molar-refractivity contribution in [3.63, 3.8) is 0 Å². The highest BCUT2D eigenvalue weighted by atomic mass is 35.5. The second-order valence-corrected chi connectivity index (χ2v) is 5.26. The molecule has 1 aliphatic rings. The van der Waals surface area contributed by atoms with Crippen LogP contribution in [-0.2, 0) is 17.8 Å². The number of hydrogen-bond donors (Lipinski definition) is 2. The molecule has 1 aliphatic heterocycles. The number of carboxylic acids is 1. The lowest BCUT2D eigenvalue weighted by molar-refractivity contribution is -0.142. The van der Waals surface area contributed by atoms with Crippen LogP contribution >= 0.6 is 11.6 Å². The summed E-state index contributed by atoms with van der Waals surface area (Å²) in [4.78, 5) is 15.5. The van der Waals surface area contributed by atoms with Crippen LogP contribution in [-0.4, -0.2) is 25.7 Å². The number of hydrogen-bond acceptors (Lipinski definition) is 3. The van der Waals surface area contributed by atoms with Gasteiger partial charge in [0.15, 0.2) is 5.15 Å². The number of halogens is 1. The Balaban J connectivity index is 2.05. The molecule has 3 rings (SSSR count). The maximum absolute atomic E-state index is 11.2. The van der Waals surface area contributed by atoms with Gasteiger partial charge in [-0.15, -0.1) is 0 Å². The van der Waals surface area contributed by atoms with Crippen molar-refractivity contribution in [1.29, 1.82) is 0 Å². The molecule has 6 heteroatoms. The van der Waals surface area contributed by atoms with Crippen molar-refractivity contribution in [2.24, 2.45) is 5.92 Å². The van der Waals surface area contributed by atoms with Crippen LogP contribution in [0.1, 0.15) is 12.1 Å². The summed E-state index contributed by atoms with van der Waals surface area (Å²) in [7, 11) is 0. The van der Waals surface area contributed by atoms with E-state index in [0.717, 1.165) is 11.3 Å². The Hall–Kier alpha value is -2.01. The zero-order valence-corrected chi connectivity index (χ0v) is 11.3. The molecule has 0 radical (unpaired) electrons.